The Morgan fingerprint density at radius 3 is 2.52 bits per heavy atom. The lowest BCUT2D eigenvalue weighted by molar-refractivity contribution is -0.118. The van der Waals surface area contributed by atoms with Gasteiger partial charge in [0.25, 0.3) is 5.91 Å². The summed E-state index contributed by atoms with van der Waals surface area (Å²) in [5, 5.41) is 12.4. The standard InChI is InChI=1S/C25H26ClNO4/c26-23-14-19(8-12-22(23)24-13-11-21(15-28)31-24)27-25(29)16-30-20-9-6-18(7-10-20)17-4-2-1-3-5-17/h6-14,17,28H,1-5,15-16H2,(H,27,29). The quantitative estimate of drug-likeness (QED) is 0.462. The van der Waals surface area contributed by atoms with Gasteiger partial charge in [-0.15, -0.1) is 0 Å². The van der Waals surface area contributed by atoms with Crippen molar-refractivity contribution in [3.05, 3.63) is 70.9 Å². The van der Waals surface area contributed by atoms with Gasteiger partial charge in [-0.05, 0) is 66.8 Å². The second-order valence-electron chi connectivity index (χ2n) is 7.86. The summed E-state index contributed by atoms with van der Waals surface area (Å²) >= 11 is 6.35. The summed E-state index contributed by atoms with van der Waals surface area (Å²) in [6, 6.07) is 16.7. The molecule has 0 aliphatic heterocycles. The Labute approximate surface area is 187 Å². The number of halogens is 1. The zero-order valence-electron chi connectivity index (χ0n) is 17.3. The van der Waals surface area contributed by atoms with Gasteiger partial charge in [-0.1, -0.05) is 43.0 Å². The van der Waals surface area contributed by atoms with Gasteiger partial charge in [-0.3, -0.25) is 4.79 Å². The maximum absolute atomic E-state index is 12.3. The van der Waals surface area contributed by atoms with Crippen LogP contribution < -0.4 is 10.1 Å². The summed E-state index contributed by atoms with van der Waals surface area (Å²) in [7, 11) is 0. The summed E-state index contributed by atoms with van der Waals surface area (Å²) in [6.07, 6.45) is 6.46. The summed E-state index contributed by atoms with van der Waals surface area (Å²) < 4.78 is 11.2. The van der Waals surface area contributed by atoms with Crippen molar-refractivity contribution in [2.24, 2.45) is 0 Å². The zero-order chi connectivity index (χ0) is 21.6. The van der Waals surface area contributed by atoms with Gasteiger partial charge in [-0.25, -0.2) is 0 Å². The van der Waals surface area contributed by atoms with Crippen molar-refractivity contribution < 1.29 is 19.1 Å². The highest BCUT2D eigenvalue weighted by Crippen LogP contribution is 2.33. The van der Waals surface area contributed by atoms with Crippen LogP contribution in [-0.4, -0.2) is 17.6 Å². The van der Waals surface area contributed by atoms with E-state index in [2.05, 4.69) is 17.4 Å². The molecule has 1 aromatic heterocycles. The largest absolute Gasteiger partial charge is 0.484 e. The first-order chi connectivity index (χ1) is 15.1. The van der Waals surface area contributed by atoms with Crippen LogP contribution in [0.3, 0.4) is 0 Å². The molecule has 1 aliphatic carbocycles. The van der Waals surface area contributed by atoms with Crippen molar-refractivity contribution in [2.75, 3.05) is 11.9 Å². The third-order valence-electron chi connectivity index (χ3n) is 5.66. The molecule has 6 heteroatoms. The van der Waals surface area contributed by atoms with E-state index in [1.807, 2.05) is 12.1 Å². The van der Waals surface area contributed by atoms with Crippen LogP contribution in [0.2, 0.25) is 5.02 Å². The van der Waals surface area contributed by atoms with Crippen LogP contribution in [0.1, 0.15) is 49.3 Å². The predicted octanol–water partition coefficient (Wildman–Crippen LogP) is 6.16. The number of anilines is 1. The molecule has 1 fully saturated rings. The van der Waals surface area contributed by atoms with Crippen molar-refractivity contribution in [1.29, 1.82) is 0 Å². The van der Waals surface area contributed by atoms with Gasteiger partial charge in [-0.2, -0.15) is 0 Å². The first-order valence-electron chi connectivity index (χ1n) is 10.6. The molecule has 0 radical (unpaired) electrons. The lowest BCUT2D eigenvalue weighted by Gasteiger charge is -2.22. The smallest absolute Gasteiger partial charge is 0.262 e. The highest BCUT2D eigenvalue weighted by molar-refractivity contribution is 6.33. The van der Waals surface area contributed by atoms with E-state index in [-0.39, 0.29) is 19.1 Å². The fourth-order valence-corrected chi connectivity index (χ4v) is 4.29. The highest BCUT2D eigenvalue weighted by atomic mass is 35.5. The number of hydrogen-bond acceptors (Lipinski definition) is 4. The number of hydrogen-bond donors (Lipinski definition) is 2. The number of rotatable bonds is 7. The average Bonchev–Trinajstić information content (AvgIpc) is 3.28. The molecule has 3 aromatic rings. The fourth-order valence-electron chi connectivity index (χ4n) is 4.02. The van der Waals surface area contributed by atoms with Gasteiger partial charge in [0.15, 0.2) is 6.61 Å². The van der Waals surface area contributed by atoms with Crippen LogP contribution in [0.25, 0.3) is 11.3 Å². The number of carbonyl (C=O) groups excluding carboxylic acids is 1. The number of ether oxygens (including phenoxy) is 1. The molecule has 0 spiro atoms. The molecule has 162 valence electrons. The molecule has 1 amide bonds. The Morgan fingerprint density at radius 1 is 1.06 bits per heavy atom. The second kappa shape index (κ2) is 10.0. The first-order valence-corrected chi connectivity index (χ1v) is 11.0. The van der Waals surface area contributed by atoms with Crippen LogP contribution in [0, 0.1) is 0 Å². The number of aliphatic hydroxyl groups is 1. The SMILES string of the molecule is O=C(COc1ccc(C2CCCCC2)cc1)Nc1ccc(-c2ccc(CO)o2)c(Cl)c1. The second-order valence-corrected chi connectivity index (χ2v) is 8.27. The molecule has 1 saturated carbocycles. The van der Waals surface area contributed by atoms with Crippen molar-refractivity contribution in [3.8, 4) is 17.1 Å². The van der Waals surface area contributed by atoms with E-state index in [4.69, 9.17) is 25.9 Å². The monoisotopic (exact) mass is 439 g/mol. The van der Waals surface area contributed by atoms with Gasteiger partial charge < -0.3 is 19.6 Å². The Bertz CT molecular complexity index is 1020. The Kier molecular flexibility index (Phi) is 6.95. The third kappa shape index (κ3) is 5.49. The van der Waals surface area contributed by atoms with Gasteiger partial charge in [0.05, 0.1) is 5.02 Å². The average molecular weight is 440 g/mol. The fraction of sp³-hybridized carbons (Fsp3) is 0.320. The van der Waals surface area contributed by atoms with Crippen molar-refractivity contribution in [2.45, 2.75) is 44.6 Å². The molecular weight excluding hydrogens is 414 g/mol. The Balaban J connectivity index is 1.31. The van der Waals surface area contributed by atoms with E-state index in [0.29, 0.717) is 39.5 Å². The minimum atomic E-state index is -0.263. The number of furan rings is 1. The Morgan fingerprint density at radius 2 is 1.84 bits per heavy atom. The van der Waals surface area contributed by atoms with E-state index in [1.54, 1.807) is 30.3 Å². The van der Waals surface area contributed by atoms with E-state index in [9.17, 15) is 4.79 Å². The third-order valence-corrected chi connectivity index (χ3v) is 5.98. The minimum Gasteiger partial charge on any atom is -0.484 e. The summed E-state index contributed by atoms with van der Waals surface area (Å²) in [4.78, 5) is 12.3. The topological polar surface area (TPSA) is 71.7 Å². The van der Waals surface area contributed by atoms with Gasteiger partial charge >= 0.3 is 0 Å². The molecule has 1 heterocycles. The van der Waals surface area contributed by atoms with E-state index in [0.717, 1.165) is 0 Å². The number of amides is 1. The molecule has 1 aliphatic rings. The molecule has 0 unspecified atom stereocenters. The molecule has 31 heavy (non-hydrogen) atoms. The number of carbonyl (C=O) groups is 1. The van der Waals surface area contributed by atoms with Gasteiger partial charge in [0.1, 0.15) is 23.9 Å². The van der Waals surface area contributed by atoms with E-state index < -0.39 is 0 Å². The minimum absolute atomic E-state index is 0.0831. The first kappa shape index (κ1) is 21.5. The van der Waals surface area contributed by atoms with Crippen LogP contribution in [0.15, 0.2) is 59.0 Å². The Hall–Kier alpha value is -2.76. The van der Waals surface area contributed by atoms with Gasteiger partial charge in [0, 0.05) is 11.3 Å². The van der Waals surface area contributed by atoms with Crippen molar-refractivity contribution in [1.82, 2.24) is 0 Å². The van der Waals surface area contributed by atoms with Crippen LogP contribution in [-0.2, 0) is 11.4 Å². The van der Waals surface area contributed by atoms with Crippen LogP contribution in [0.5, 0.6) is 5.75 Å². The lowest BCUT2D eigenvalue weighted by Crippen LogP contribution is -2.20. The number of benzene rings is 2. The van der Waals surface area contributed by atoms with E-state index >= 15 is 0 Å². The maximum atomic E-state index is 12.3. The van der Waals surface area contributed by atoms with Crippen molar-refractivity contribution >= 4 is 23.2 Å². The summed E-state index contributed by atoms with van der Waals surface area (Å²) in [5.41, 5.74) is 2.62. The normalized spacial score (nSPS) is 14.4. The van der Waals surface area contributed by atoms with Gasteiger partial charge in [0.2, 0.25) is 0 Å². The zero-order valence-corrected chi connectivity index (χ0v) is 18.0. The molecule has 2 N–H and O–H groups in total. The maximum Gasteiger partial charge on any atom is 0.262 e. The molecule has 2 aromatic carbocycles. The van der Waals surface area contributed by atoms with Crippen LogP contribution in [0.4, 0.5) is 5.69 Å². The summed E-state index contributed by atoms with van der Waals surface area (Å²) in [6.45, 7) is -0.255. The number of nitrogens with one attached hydrogen (secondary N) is 1. The van der Waals surface area contributed by atoms with Crippen LogP contribution >= 0.6 is 11.6 Å². The lowest BCUT2D eigenvalue weighted by atomic mass is 9.84. The highest BCUT2D eigenvalue weighted by Gasteiger charge is 2.15. The molecule has 0 bridgehead atoms. The molecule has 0 saturated heterocycles. The van der Waals surface area contributed by atoms with Crippen molar-refractivity contribution in [3.63, 3.8) is 0 Å². The van der Waals surface area contributed by atoms with E-state index in [1.165, 1.54) is 37.7 Å². The molecule has 5 nitrogen and oxygen atoms in total. The molecule has 4 rings (SSSR count). The predicted molar refractivity (Wildman–Crippen MR) is 121 cm³/mol. The molecular formula is C25H26ClNO4. The summed E-state index contributed by atoms with van der Waals surface area (Å²) in [5.74, 6) is 2.09. The number of aliphatic hydroxyl groups excluding tert-OH is 1. The molecule has 0 atom stereocenters.